The Labute approximate surface area is 160 Å². The van der Waals surface area contributed by atoms with E-state index >= 15 is 0 Å². The van der Waals surface area contributed by atoms with Crippen molar-refractivity contribution in [1.29, 1.82) is 0 Å². The summed E-state index contributed by atoms with van der Waals surface area (Å²) in [6.45, 7) is 9.25. The number of hydrogen-bond donors (Lipinski definition) is 3. The molecule has 1 saturated heterocycles. The molecule has 1 fully saturated rings. The molecule has 9 nitrogen and oxygen atoms in total. The molecule has 0 aliphatic carbocycles. The van der Waals surface area contributed by atoms with E-state index in [1.807, 2.05) is 16.7 Å². The lowest BCUT2D eigenvalue weighted by molar-refractivity contribution is -0.136. The Morgan fingerprint density at radius 3 is 2.74 bits per heavy atom. The molecule has 2 atom stereocenters. The summed E-state index contributed by atoms with van der Waals surface area (Å²) in [6, 6.07) is 0. The van der Waals surface area contributed by atoms with Crippen LogP contribution in [0, 0.1) is 11.8 Å². The quantitative estimate of drug-likeness (QED) is 0.423. The normalized spacial score (nSPS) is 26.1. The summed E-state index contributed by atoms with van der Waals surface area (Å²) in [5, 5.41) is 24.8. The lowest BCUT2D eigenvalue weighted by atomic mass is 10.2. The van der Waals surface area contributed by atoms with Crippen LogP contribution in [0.1, 0.15) is 13.8 Å². The molecule has 0 aromatic rings. The molecule has 3 aliphatic heterocycles. The molecule has 3 heterocycles. The number of fused-ring (bicyclic) bond motifs is 1. The summed E-state index contributed by atoms with van der Waals surface area (Å²) < 4.78 is 5.48. The second-order valence-electron chi connectivity index (χ2n) is 6.65. The average Bonchev–Trinajstić information content (AvgIpc) is 3.07. The van der Waals surface area contributed by atoms with Gasteiger partial charge in [-0.05, 0) is 13.8 Å². The lowest BCUT2D eigenvalue weighted by Gasteiger charge is -2.42. The monoisotopic (exact) mass is 378 g/mol. The Balaban J connectivity index is 1.95. The van der Waals surface area contributed by atoms with Crippen LogP contribution < -0.4 is 5.32 Å². The second kappa shape index (κ2) is 8.80. The van der Waals surface area contributed by atoms with Gasteiger partial charge in [0.2, 0.25) is 11.8 Å². The third-order valence-electron chi connectivity index (χ3n) is 5.05. The van der Waals surface area contributed by atoms with Crippen LogP contribution in [-0.4, -0.2) is 108 Å². The third-order valence-corrected chi connectivity index (χ3v) is 5.05. The van der Waals surface area contributed by atoms with Crippen LogP contribution in [0.2, 0.25) is 0 Å². The molecular weight excluding hydrogens is 348 g/mol. The SMILES string of the molecule is CC#CCN1C(N2CCNCC2)=NC2C1=C(O)N(C)C(O)N2CCOCC. The zero-order valence-corrected chi connectivity index (χ0v) is 16.4. The van der Waals surface area contributed by atoms with Crippen molar-refractivity contribution in [2.45, 2.75) is 26.4 Å². The van der Waals surface area contributed by atoms with Crippen molar-refractivity contribution in [3.63, 3.8) is 0 Å². The first-order chi connectivity index (χ1) is 13.1. The first-order valence-electron chi connectivity index (χ1n) is 9.48. The first-order valence-corrected chi connectivity index (χ1v) is 9.48. The highest BCUT2D eigenvalue weighted by atomic mass is 16.5. The van der Waals surface area contributed by atoms with Crippen molar-refractivity contribution < 1.29 is 14.9 Å². The summed E-state index contributed by atoms with van der Waals surface area (Å²) >= 11 is 0. The van der Waals surface area contributed by atoms with Gasteiger partial charge in [0.05, 0.1) is 13.2 Å². The van der Waals surface area contributed by atoms with Crippen LogP contribution in [0.15, 0.2) is 16.6 Å². The van der Waals surface area contributed by atoms with Crippen molar-refractivity contribution in [2.24, 2.45) is 4.99 Å². The number of rotatable bonds is 5. The highest BCUT2D eigenvalue weighted by molar-refractivity contribution is 5.85. The molecule has 0 bridgehead atoms. The molecule has 3 rings (SSSR count). The molecule has 27 heavy (non-hydrogen) atoms. The summed E-state index contributed by atoms with van der Waals surface area (Å²) in [5.74, 6) is 6.85. The van der Waals surface area contributed by atoms with Crippen molar-refractivity contribution >= 4 is 5.96 Å². The van der Waals surface area contributed by atoms with Crippen LogP contribution in [-0.2, 0) is 4.74 Å². The van der Waals surface area contributed by atoms with Crippen LogP contribution in [0.5, 0.6) is 0 Å². The zero-order valence-electron chi connectivity index (χ0n) is 16.4. The van der Waals surface area contributed by atoms with Gasteiger partial charge < -0.3 is 30.1 Å². The molecule has 0 spiro atoms. The first kappa shape index (κ1) is 19.8. The van der Waals surface area contributed by atoms with Crippen molar-refractivity contribution in [2.75, 3.05) is 59.5 Å². The van der Waals surface area contributed by atoms with Crippen molar-refractivity contribution in [3.05, 3.63) is 11.6 Å². The van der Waals surface area contributed by atoms with E-state index in [2.05, 4.69) is 22.1 Å². The fourth-order valence-corrected chi connectivity index (χ4v) is 3.58. The number of ether oxygens (including phenoxy) is 1. The molecule has 150 valence electrons. The summed E-state index contributed by atoms with van der Waals surface area (Å²) in [7, 11) is 1.67. The van der Waals surface area contributed by atoms with Gasteiger partial charge in [-0.1, -0.05) is 5.92 Å². The number of aliphatic imine (C=N–C) groups is 1. The fourth-order valence-electron chi connectivity index (χ4n) is 3.58. The minimum Gasteiger partial charge on any atom is -0.493 e. The van der Waals surface area contributed by atoms with Gasteiger partial charge in [-0.3, -0.25) is 4.90 Å². The topological polar surface area (TPSA) is 87.0 Å². The van der Waals surface area contributed by atoms with E-state index in [1.54, 1.807) is 14.0 Å². The Morgan fingerprint density at radius 1 is 1.33 bits per heavy atom. The second-order valence-corrected chi connectivity index (χ2v) is 6.65. The minimum atomic E-state index is -0.968. The van der Waals surface area contributed by atoms with E-state index in [-0.39, 0.29) is 5.88 Å². The standard InChI is InChI=1S/C18H30N6O3/c1-4-6-9-23-14-15(20-17(23)22-10-7-19-8-11-22)24(12-13-27-5-2)18(26)21(3)16(14)25/h15,18-19,25-26H,5,7-13H2,1-3H3. The number of aliphatic hydroxyl groups excluding tert-OH is 2. The molecule has 2 unspecified atom stereocenters. The number of aliphatic hydroxyl groups is 2. The highest BCUT2D eigenvalue weighted by Crippen LogP contribution is 2.34. The maximum Gasteiger partial charge on any atom is 0.213 e. The molecule has 0 saturated carbocycles. The summed E-state index contributed by atoms with van der Waals surface area (Å²) in [6.07, 6.45) is -1.43. The zero-order chi connectivity index (χ0) is 19.4. The van der Waals surface area contributed by atoms with Gasteiger partial charge in [-0.15, -0.1) is 5.92 Å². The summed E-state index contributed by atoms with van der Waals surface area (Å²) in [5.41, 5.74) is 0.663. The number of hydrogen-bond acceptors (Lipinski definition) is 9. The van der Waals surface area contributed by atoms with Crippen LogP contribution in [0.3, 0.4) is 0 Å². The van der Waals surface area contributed by atoms with Gasteiger partial charge in [0, 0.05) is 46.4 Å². The predicted molar refractivity (Wildman–Crippen MR) is 102 cm³/mol. The maximum atomic E-state index is 10.8. The van der Waals surface area contributed by atoms with Gasteiger partial charge in [-0.2, -0.15) is 0 Å². The van der Waals surface area contributed by atoms with Crippen LogP contribution >= 0.6 is 0 Å². The highest BCUT2D eigenvalue weighted by Gasteiger charge is 2.46. The number of nitrogens with one attached hydrogen (secondary N) is 1. The lowest BCUT2D eigenvalue weighted by Crippen LogP contribution is -2.57. The number of piperazine rings is 1. The van der Waals surface area contributed by atoms with E-state index < -0.39 is 12.5 Å². The Hall–Kier alpha value is -1.99. The van der Waals surface area contributed by atoms with Gasteiger partial charge in [0.1, 0.15) is 5.70 Å². The predicted octanol–water partition coefficient (Wildman–Crippen LogP) is -0.800. The van der Waals surface area contributed by atoms with Crippen molar-refractivity contribution in [1.82, 2.24) is 24.9 Å². The Morgan fingerprint density at radius 2 is 2.07 bits per heavy atom. The molecule has 0 aromatic heterocycles. The fraction of sp³-hybridized carbons (Fsp3) is 0.722. The van der Waals surface area contributed by atoms with E-state index in [1.165, 1.54) is 4.90 Å². The number of nitrogens with zero attached hydrogens (tertiary/aromatic N) is 5. The van der Waals surface area contributed by atoms with E-state index in [0.717, 1.165) is 32.1 Å². The Bertz CT molecular complexity index is 649. The number of guanidine groups is 1. The van der Waals surface area contributed by atoms with E-state index in [9.17, 15) is 10.2 Å². The smallest absolute Gasteiger partial charge is 0.213 e. The third kappa shape index (κ3) is 3.84. The molecular formula is C18H30N6O3. The molecule has 0 aromatic carbocycles. The Kier molecular flexibility index (Phi) is 6.44. The van der Waals surface area contributed by atoms with E-state index in [4.69, 9.17) is 9.73 Å². The minimum absolute atomic E-state index is 0.0342. The molecule has 3 aliphatic rings. The van der Waals surface area contributed by atoms with E-state index in [0.29, 0.717) is 32.0 Å². The van der Waals surface area contributed by atoms with Gasteiger partial charge in [0.15, 0.2) is 12.5 Å². The van der Waals surface area contributed by atoms with Crippen LogP contribution in [0.25, 0.3) is 0 Å². The average molecular weight is 378 g/mol. The molecule has 3 N–H and O–H groups in total. The molecule has 0 amide bonds. The van der Waals surface area contributed by atoms with Crippen molar-refractivity contribution in [3.8, 4) is 11.8 Å². The van der Waals surface area contributed by atoms with Gasteiger partial charge in [0.25, 0.3) is 0 Å². The largest absolute Gasteiger partial charge is 0.493 e. The summed E-state index contributed by atoms with van der Waals surface area (Å²) in [4.78, 5) is 12.4. The van der Waals surface area contributed by atoms with Gasteiger partial charge in [-0.25, -0.2) is 9.89 Å². The maximum absolute atomic E-state index is 10.8. The molecule has 9 heteroatoms. The van der Waals surface area contributed by atoms with Crippen LogP contribution in [0.4, 0.5) is 0 Å². The van der Waals surface area contributed by atoms with Gasteiger partial charge >= 0.3 is 0 Å². The molecule has 0 radical (unpaired) electrons.